The average Bonchev–Trinajstić information content (AvgIpc) is 2.51. The predicted octanol–water partition coefficient (Wildman–Crippen LogP) is 0.441. The summed E-state index contributed by atoms with van der Waals surface area (Å²) in [6, 6.07) is 6.91. The molecule has 7 heteroatoms. The van der Waals surface area contributed by atoms with Crippen LogP contribution in [0.15, 0.2) is 40.2 Å². The van der Waals surface area contributed by atoms with Crippen molar-refractivity contribution in [1.29, 1.82) is 0 Å². The molecule has 0 bridgehead atoms. The topological polar surface area (TPSA) is 78.5 Å². The van der Waals surface area contributed by atoms with Gasteiger partial charge in [-0.1, -0.05) is 12.1 Å². The van der Waals surface area contributed by atoms with Gasteiger partial charge in [-0.25, -0.2) is 4.98 Å². The lowest BCUT2D eigenvalue weighted by Crippen LogP contribution is -2.30. The molecule has 0 N–H and O–H groups in total. The summed E-state index contributed by atoms with van der Waals surface area (Å²) >= 11 is 0. The first-order valence-corrected chi connectivity index (χ1v) is 6.58. The number of aryl methyl sites for hydroxylation is 1. The van der Waals surface area contributed by atoms with Gasteiger partial charge in [0.05, 0.1) is 10.9 Å². The van der Waals surface area contributed by atoms with Gasteiger partial charge in [-0.2, -0.15) is 9.61 Å². The molecular weight excluding hydrogens is 272 g/mol. The lowest BCUT2D eigenvalue weighted by Gasteiger charge is -2.07. The fourth-order valence-corrected chi connectivity index (χ4v) is 2.20. The second-order valence-electron chi connectivity index (χ2n) is 4.65. The minimum atomic E-state index is -0.336. The molecule has 0 amide bonds. The van der Waals surface area contributed by atoms with E-state index in [2.05, 4.69) is 10.1 Å². The van der Waals surface area contributed by atoms with E-state index in [1.165, 1.54) is 10.9 Å². The molecule has 2 aromatic heterocycles. The lowest BCUT2D eigenvalue weighted by molar-refractivity contribution is 0.190. The van der Waals surface area contributed by atoms with Crippen LogP contribution in [0.4, 0.5) is 0 Å². The number of hydrogen-bond donors (Lipinski definition) is 0. The van der Waals surface area contributed by atoms with Gasteiger partial charge in [0.25, 0.3) is 11.1 Å². The lowest BCUT2D eigenvalue weighted by atomic mass is 10.2. The van der Waals surface area contributed by atoms with Crippen molar-refractivity contribution in [3.05, 3.63) is 51.3 Å². The van der Waals surface area contributed by atoms with Crippen LogP contribution in [0, 0.1) is 0 Å². The zero-order chi connectivity index (χ0) is 14.8. The minimum Gasteiger partial charge on any atom is -0.385 e. The fourth-order valence-electron chi connectivity index (χ4n) is 2.20. The molecule has 3 rings (SSSR count). The van der Waals surface area contributed by atoms with Gasteiger partial charge in [0.15, 0.2) is 0 Å². The molecule has 21 heavy (non-hydrogen) atoms. The Balaban J connectivity index is 2.21. The van der Waals surface area contributed by atoms with Crippen molar-refractivity contribution in [3.63, 3.8) is 0 Å². The second-order valence-corrected chi connectivity index (χ2v) is 4.65. The molecule has 3 aromatic rings. The molecule has 0 unspecified atom stereocenters. The van der Waals surface area contributed by atoms with E-state index in [-0.39, 0.29) is 16.8 Å². The van der Waals surface area contributed by atoms with Crippen LogP contribution < -0.4 is 11.1 Å². The molecule has 0 aliphatic rings. The Morgan fingerprint density at radius 2 is 2.00 bits per heavy atom. The Morgan fingerprint density at radius 1 is 1.19 bits per heavy atom. The smallest absolute Gasteiger partial charge is 0.297 e. The maximum Gasteiger partial charge on any atom is 0.297 e. The van der Waals surface area contributed by atoms with E-state index in [9.17, 15) is 9.59 Å². The van der Waals surface area contributed by atoms with Crippen LogP contribution >= 0.6 is 0 Å². The molecule has 0 radical (unpaired) electrons. The first kappa shape index (κ1) is 13.4. The fraction of sp³-hybridized carbons (Fsp3) is 0.286. The van der Waals surface area contributed by atoms with Gasteiger partial charge >= 0.3 is 0 Å². The summed E-state index contributed by atoms with van der Waals surface area (Å²) in [7, 11) is 1.61. The zero-order valence-corrected chi connectivity index (χ0v) is 11.5. The van der Waals surface area contributed by atoms with Crippen LogP contribution in [0.5, 0.6) is 0 Å². The van der Waals surface area contributed by atoms with Crippen LogP contribution in [0.3, 0.4) is 0 Å². The maximum absolute atomic E-state index is 12.4. The number of fused-ring (bicyclic) bond motifs is 2. The Kier molecular flexibility index (Phi) is 3.49. The number of aromatic nitrogens is 4. The van der Waals surface area contributed by atoms with E-state index in [1.807, 2.05) is 0 Å². The number of hydrogen-bond acceptors (Lipinski definition) is 5. The summed E-state index contributed by atoms with van der Waals surface area (Å²) in [4.78, 5) is 28.9. The van der Waals surface area contributed by atoms with Crippen LogP contribution in [-0.2, 0) is 11.3 Å². The molecule has 0 aliphatic heterocycles. The Bertz CT molecular complexity index is 913. The van der Waals surface area contributed by atoms with E-state index >= 15 is 0 Å². The van der Waals surface area contributed by atoms with E-state index < -0.39 is 0 Å². The third kappa shape index (κ3) is 2.31. The first-order chi connectivity index (χ1) is 10.2. The van der Waals surface area contributed by atoms with Crippen molar-refractivity contribution in [2.75, 3.05) is 13.7 Å². The summed E-state index contributed by atoms with van der Waals surface area (Å²) < 4.78 is 7.45. The van der Waals surface area contributed by atoms with Gasteiger partial charge in [0.1, 0.15) is 6.33 Å². The Hall–Kier alpha value is -2.54. The van der Waals surface area contributed by atoms with Gasteiger partial charge < -0.3 is 4.74 Å². The molecule has 108 valence electrons. The number of nitrogens with zero attached hydrogens (tertiary/aromatic N) is 4. The van der Waals surface area contributed by atoms with Gasteiger partial charge in [-0.3, -0.25) is 14.2 Å². The van der Waals surface area contributed by atoms with Crippen molar-refractivity contribution < 1.29 is 4.74 Å². The molecule has 0 atom stereocenters. The maximum atomic E-state index is 12.4. The number of ether oxygens (including phenoxy) is 1. The minimum absolute atomic E-state index is 0.0404. The number of methoxy groups -OCH3 is 1. The molecule has 2 heterocycles. The van der Waals surface area contributed by atoms with Crippen LogP contribution in [0.2, 0.25) is 0 Å². The highest BCUT2D eigenvalue weighted by atomic mass is 16.5. The molecule has 0 saturated heterocycles. The highest BCUT2D eigenvalue weighted by Crippen LogP contribution is 2.05. The molecule has 1 aromatic carbocycles. The van der Waals surface area contributed by atoms with Crippen LogP contribution in [0.25, 0.3) is 16.6 Å². The van der Waals surface area contributed by atoms with Crippen molar-refractivity contribution in [1.82, 2.24) is 19.2 Å². The Morgan fingerprint density at radius 3 is 2.81 bits per heavy atom. The van der Waals surface area contributed by atoms with Crippen molar-refractivity contribution in [3.8, 4) is 0 Å². The molecule has 0 saturated carbocycles. The Labute approximate surface area is 119 Å². The monoisotopic (exact) mass is 286 g/mol. The number of benzene rings is 1. The first-order valence-electron chi connectivity index (χ1n) is 6.58. The van der Waals surface area contributed by atoms with E-state index in [1.54, 1.807) is 31.4 Å². The molecule has 0 aliphatic carbocycles. The second kappa shape index (κ2) is 5.45. The quantitative estimate of drug-likeness (QED) is 0.513. The molecule has 0 fully saturated rings. The van der Waals surface area contributed by atoms with Gasteiger partial charge in [0, 0.05) is 20.3 Å². The van der Waals surface area contributed by atoms with Crippen molar-refractivity contribution in [2.45, 2.75) is 13.0 Å². The normalized spacial score (nSPS) is 11.3. The summed E-state index contributed by atoms with van der Waals surface area (Å²) in [5.41, 5.74) is -0.129. The zero-order valence-electron chi connectivity index (χ0n) is 11.5. The standard InChI is InChI=1S/C14H14N4O3/c1-21-8-4-7-17-9-15-18-12(14(17)20)16-11-6-3-2-5-10(11)13(18)19/h2-3,5-6,9H,4,7-8H2,1H3. The van der Waals surface area contributed by atoms with Gasteiger partial charge in [0.2, 0.25) is 5.65 Å². The van der Waals surface area contributed by atoms with Crippen molar-refractivity contribution >= 4 is 16.6 Å². The third-order valence-corrected chi connectivity index (χ3v) is 3.26. The average molecular weight is 286 g/mol. The highest BCUT2D eigenvalue weighted by Gasteiger charge is 2.10. The summed E-state index contributed by atoms with van der Waals surface area (Å²) in [6.07, 6.45) is 2.05. The summed E-state index contributed by atoms with van der Waals surface area (Å²) in [5.74, 6) is 0. The molecular formula is C14H14N4O3. The predicted molar refractivity (Wildman–Crippen MR) is 77.5 cm³/mol. The van der Waals surface area contributed by atoms with Crippen molar-refractivity contribution in [2.24, 2.45) is 0 Å². The summed E-state index contributed by atoms with van der Waals surface area (Å²) in [5, 5.41) is 4.48. The van der Waals surface area contributed by atoms with Gasteiger partial charge in [-0.05, 0) is 18.6 Å². The largest absolute Gasteiger partial charge is 0.385 e. The SMILES string of the molecule is COCCCn1cnn2c(=O)c3ccccc3nc2c1=O. The molecule has 7 nitrogen and oxygen atoms in total. The number of para-hydroxylation sites is 1. The van der Waals surface area contributed by atoms with E-state index in [4.69, 9.17) is 4.74 Å². The summed E-state index contributed by atoms with van der Waals surface area (Å²) in [6.45, 7) is 1.02. The van der Waals surface area contributed by atoms with E-state index in [0.717, 1.165) is 4.52 Å². The van der Waals surface area contributed by atoms with Crippen LogP contribution in [-0.4, -0.2) is 32.9 Å². The van der Waals surface area contributed by atoms with Gasteiger partial charge in [-0.15, -0.1) is 0 Å². The highest BCUT2D eigenvalue weighted by molar-refractivity contribution is 5.79. The molecule has 0 spiro atoms. The van der Waals surface area contributed by atoms with E-state index in [0.29, 0.717) is 30.5 Å². The third-order valence-electron chi connectivity index (χ3n) is 3.26. The number of rotatable bonds is 4. The van der Waals surface area contributed by atoms with Crippen LogP contribution in [0.1, 0.15) is 6.42 Å².